The molecule has 0 spiro atoms. The summed E-state index contributed by atoms with van der Waals surface area (Å²) in [6.45, 7) is 1.92. The summed E-state index contributed by atoms with van der Waals surface area (Å²) in [5, 5.41) is 5.21. The molecule has 0 saturated heterocycles. The summed E-state index contributed by atoms with van der Waals surface area (Å²) in [5.74, 6) is 0.336. The van der Waals surface area contributed by atoms with Crippen LogP contribution >= 0.6 is 11.3 Å². The predicted octanol–water partition coefficient (Wildman–Crippen LogP) is 2.46. The van der Waals surface area contributed by atoms with Crippen molar-refractivity contribution in [2.45, 2.75) is 30.3 Å². The lowest BCUT2D eigenvalue weighted by Gasteiger charge is -1.97. The molecule has 0 aromatic carbocycles. The monoisotopic (exact) mass is 258 g/mol. The molecule has 8 heteroatoms. The second kappa shape index (κ2) is 5.02. The van der Waals surface area contributed by atoms with Gasteiger partial charge in [-0.2, -0.15) is 13.2 Å². The Kier molecular flexibility index (Phi) is 4.21. The molecular weight excluding hydrogens is 249 g/mol. The number of nitrogens with zero attached hydrogens (tertiary/aromatic N) is 2. The van der Waals surface area contributed by atoms with Gasteiger partial charge in [-0.25, -0.2) is 0 Å². The fourth-order valence-corrected chi connectivity index (χ4v) is 2.94. The van der Waals surface area contributed by atoms with Gasteiger partial charge in [-0.1, -0.05) is 24.7 Å². The minimum Gasteiger partial charge on any atom is -0.252 e. The lowest BCUT2D eigenvalue weighted by Crippen LogP contribution is -2.03. The summed E-state index contributed by atoms with van der Waals surface area (Å²) >= 11 is 0.351. The Morgan fingerprint density at radius 2 is 2.07 bits per heavy atom. The number of alkyl halides is 3. The highest BCUT2D eigenvalue weighted by molar-refractivity contribution is 7.87. The maximum absolute atomic E-state index is 12.1. The highest BCUT2D eigenvalue weighted by atomic mass is 32.2. The molecule has 0 aliphatic heterocycles. The van der Waals surface area contributed by atoms with E-state index in [4.69, 9.17) is 0 Å². The van der Waals surface area contributed by atoms with Crippen LogP contribution in [0.3, 0.4) is 0 Å². The molecule has 1 heterocycles. The highest BCUT2D eigenvalue weighted by Crippen LogP contribution is 2.32. The third kappa shape index (κ3) is 3.53. The number of unbranched alkanes of at least 4 members (excludes halogenated alkanes) is 1. The molecule has 15 heavy (non-hydrogen) atoms. The Morgan fingerprint density at radius 1 is 1.40 bits per heavy atom. The average Bonchev–Trinajstić information content (AvgIpc) is 2.62. The molecule has 86 valence electrons. The molecule has 1 aromatic heterocycles. The zero-order valence-corrected chi connectivity index (χ0v) is 9.51. The van der Waals surface area contributed by atoms with E-state index in [9.17, 15) is 17.4 Å². The Morgan fingerprint density at radius 3 is 2.53 bits per heavy atom. The van der Waals surface area contributed by atoms with E-state index in [1.54, 1.807) is 0 Å². The molecule has 1 unspecified atom stereocenters. The minimum absolute atomic E-state index is 0.0456. The van der Waals surface area contributed by atoms with Crippen LogP contribution in [0.15, 0.2) is 4.34 Å². The van der Waals surface area contributed by atoms with Crippen LogP contribution in [0.1, 0.15) is 24.8 Å². The summed E-state index contributed by atoms with van der Waals surface area (Å²) in [6.07, 6.45) is -2.95. The molecule has 1 rings (SSSR count). The molecule has 0 aliphatic rings. The molecule has 0 fully saturated rings. The first-order valence-corrected chi connectivity index (χ1v) is 6.37. The average molecular weight is 258 g/mol. The molecule has 0 radical (unpaired) electrons. The molecule has 0 saturated carbocycles. The van der Waals surface area contributed by atoms with E-state index in [-0.39, 0.29) is 4.34 Å². The maximum atomic E-state index is 12.1. The number of hydrogen-bond acceptors (Lipinski definition) is 4. The summed E-state index contributed by atoms with van der Waals surface area (Å²) < 4.78 is 47.7. The largest absolute Gasteiger partial charge is 0.445 e. The van der Waals surface area contributed by atoms with Gasteiger partial charge in [0, 0.05) is 5.75 Å². The Bertz CT molecular complexity index is 350. The van der Waals surface area contributed by atoms with E-state index in [0.717, 1.165) is 6.42 Å². The van der Waals surface area contributed by atoms with Gasteiger partial charge in [-0.15, -0.1) is 10.2 Å². The van der Waals surface area contributed by atoms with E-state index in [0.29, 0.717) is 23.5 Å². The lowest BCUT2D eigenvalue weighted by atomic mass is 10.4. The SMILES string of the molecule is CCCCS(=O)c1nnc(C(F)(F)F)s1. The molecule has 0 N–H and O–H groups in total. The van der Waals surface area contributed by atoms with Crippen molar-refractivity contribution in [2.75, 3.05) is 5.75 Å². The van der Waals surface area contributed by atoms with Crippen molar-refractivity contribution in [3.63, 3.8) is 0 Å². The van der Waals surface area contributed by atoms with Gasteiger partial charge in [0.1, 0.15) is 0 Å². The maximum Gasteiger partial charge on any atom is 0.445 e. The van der Waals surface area contributed by atoms with Crippen molar-refractivity contribution in [3.05, 3.63) is 5.01 Å². The van der Waals surface area contributed by atoms with Gasteiger partial charge in [0.15, 0.2) is 0 Å². The van der Waals surface area contributed by atoms with E-state index in [2.05, 4.69) is 10.2 Å². The van der Waals surface area contributed by atoms with Crippen molar-refractivity contribution in [3.8, 4) is 0 Å². The van der Waals surface area contributed by atoms with Crippen molar-refractivity contribution in [2.24, 2.45) is 0 Å². The number of rotatable bonds is 4. The minimum atomic E-state index is -4.50. The van der Waals surface area contributed by atoms with Gasteiger partial charge >= 0.3 is 6.18 Å². The standard InChI is InChI=1S/C7H9F3N2OS2/c1-2-3-4-15(13)6-12-11-5(14-6)7(8,9)10/h2-4H2,1H3. The molecule has 1 aromatic rings. The van der Waals surface area contributed by atoms with Crippen molar-refractivity contribution < 1.29 is 17.4 Å². The smallest absolute Gasteiger partial charge is 0.252 e. The topological polar surface area (TPSA) is 42.9 Å². The predicted molar refractivity (Wildman–Crippen MR) is 51.1 cm³/mol. The molecule has 3 nitrogen and oxygen atoms in total. The van der Waals surface area contributed by atoms with E-state index in [1.807, 2.05) is 6.92 Å². The van der Waals surface area contributed by atoms with Crippen molar-refractivity contribution in [1.82, 2.24) is 10.2 Å². The second-order valence-electron chi connectivity index (χ2n) is 2.77. The quantitative estimate of drug-likeness (QED) is 0.833. The zero-order valence-electron chi connectivity index (χ0n) is 7.87. The normalized spacial score (nSPS) is 14.1. The van der Waals surface area contributed by atoms with Crippen molar-refractivity contribution >= 4 is 22.1 Å². The first-order valence-electron chi connectivity index (χ1n) is 4.24. The lowest BCUT2D eigenvalue weighted by molar-refractivity contribution is -0.138. The molecule has 0 bridgehead atoms. The van der Waals surface area contributed by atoms with Crippen LogP contribution in [-0.4, -0.2) is 20.2 Å². The van der Waals surface area contributed by atoms with E-state index < -0.39 is 22.0 Å². The highest BCUT2D eigenvalue weighted by Gasteiger charge is 2.36. The van der Waals surface area contributed by atoms with Crippen LogP contribution in [0.4, 0.5) is 13.2 Å². The number of hydrogen-bond donors (Lipinski definition) is 0. The van der Waals surface area contributed by atoms with E-state index >= 15 is 0 Å². The molecule has 0 amide bonds. The molecule has 0 aliphatic carbocycles. The van der Waals surface area contributed by atoms with Gasteiger partial charge in [0.05, 0.1) is 10.8 Å². The van der Waals surface area contributed by atoms with Gasteiger partial charge < -0.3 is 0 Å². The molecular formula is C7H9F3N2OS2. The van der Waals surface area contributed by atoms with Crippen molar-refractivity contribution in [1.29, 1.82) is 0 Å². The zero-order chi connectivity index (χ0) is 11.5. The van der Waals surface area contributed by atoms with Crippen LogP contribution in [-0.2, 0) is 17.0 Å². The summed E-state index contributed by atoms with van der Waals surface area (Å²) in [6, 6.07) is 0. The summed E-state index contributed by atoms with van der Waals surface area (Å²) in [4.78, 5) is 0. The van der Waals surface area contributed by atoms with Crippen LogP contribution in [0, 0.1) is 0 Å². The fourth-order valence-electron chi connectivity index (χ4n) is 0.779. The van der Waals surface area contributed by atoms with E-state index in [1.165, 1.54) is 0 Å². The third-order valence-electron chi connectivity index (χ3n) is 1.53. The van der Waals surface area contributed by atoms with Crippen LogP contribution in [0.5, 0.6) is 0 Å². The second-order valence-corrected chi connectivity index (χ2v) is 5.50. The van der Waals surface area contributed by atoms with Gasteiger partial charge in [0.25, 0.3) is 0 Å². The Hall–Kier alpha value is -0.500. The fraction of sp³-hybridized carbons (Fsp3) is 0.714. The molecule has 1 atom stereocenters. The number of halogens is 3. The van der Waals surface area contributed by atoms with Crippen LogP contribution in [0.2, 0.25) is 0 Å². The first-order chi connectivity index (χ1) is 6.95. The number of aromatic nitrogens is 2. The van der Waals surface area contributed by atoms with Gasteiger partial charge in [-0.05, 0) is 6.42 Å². The Labute approximate surface area is 91.2 Å². The third-order valence-corrected chi connectivity index (χ3v) is 4.23. The van der Waals surface area contributed by atoms with Crippen LogP contribution < -0.4 is 0 Å². The summed E-state index contributed by atoms with van der Waals surface area (Å²) in [5.41, 5.74) is 0. The van der Waals surface area contributed by atoms with Gasteiger partial charge in [0.2, 0.25) is 9.35 Å². The summed E-state index contributed by atoms with van der Waals surface area (Å²) in [7, 11) is -1.45. The van der Waals surface area contributed by atoms with Gasteiger partial charge in [-0.3, -0.25) is 4.21 Å². The first kappa shape index (κ1) is 12.6. The Balaban J connectivity index is 2.72. The van der Waals surface area contributed by atoms with Crippen LogP contribution in [0.25, 0.3) is 0 Å².